The van der Waals surface area contributed by atoms with Gasteiger partial charge in [-0.25, -0.2) is 5.43 Å². The first-order chi connectivity index (χ1) is 15.3. The van der Waals surface area contributed by atoms with E-state index < -0.39 is 18.1 Å². The number of anilines is 1. The standard InChI is InChI=1S/C23H24ClF3N4O/c24-18-8-4-5-9-19(18)31-20(14-21(29-31)23(25,26)27)22(32)28-17-10-12-30(13-11-17)15-16-6-2-1-3-7-16/h1-9,14,17,21,29H,10-13,15H2,(H,28,32). The van der Waals surface area contributed by atoms with Crippen LogP contribution in [0.15, 0.2) is 66.4 Å². The number of para-hydroxylation sites is 1. The minimum atomic E-state index is -4.54. The fourth-order valence-electron chi connectivity index (χ4n) is 3.99. The second-order valence-corrected chi connectivity index (χ2v) is 8.40. The van der Waals surface area contributed by atoms with Crippen LogP contribution in [0, 0.1) is 0 Å². The molecule has 0 aliphatic carbocycles. The molecule has 2 aliphatic heterocycles. The lowest BCUT2D eigenvalue weighted by Crippen LogP contribution is -2.48. The average Bonchev–Trinajstić information content (AvgIpc) is 3.22. The number of hydrogen-bond donors (Lipinski definition) is 2. The van der Waals surface area contributed by atoms with Gasteiger partial charge in [-0.15, -0.1) is 0 Å². The maximum absolute atomic E-state index is 13.4. The van der Waals surface area contributed by atoms with E-state index in [4.69, 9.17) is 11.6 Å². The summed E-state index contributed by atoms with van der Waals surface area (Å²) >= 11 is 6.18. The van der Waals surface area contributed by atoms with Gasteiger partial charge in [0, 0.05) is 25.7 Å². The van der Waals surface area contributed by atoms with E-state index in [1.807, 2.05) is 18.2 Å². The minimum absolute atomic E-state index is 0.103. The second-order valence-electron chi connectivity index (χ2n) is 8.00. The summed E-state index contributed by atoms with van der Waals surface area (Å²) in [6.45, 7) is 2.44. The molecule has 32 heavy (non-hydrogen) atoms. The molecule has 0 radical (unpaired) electrons. The van der Waals surface area contributed by atoms with E-state index in [0.717, 1.165) is 43.6 Å². The summed E-state index contributed by atoms with van der Waals surface area (Å²) in [5, 5.41) is 4.28. The molecule has 170 valence electrons. The monoisotopic (exact) mass is 464 g/mol. The van der Waals surface area contributed by atoms with Crippen molar-refractivity contribution < 1.29 is 18.0 Å². The number of rotatable bonds is 5. The molecule has 1 atom stereocenters. The van der Waals surface area contributed by atoms with Crippen molar-refractivity contribution >= 4 is 23.2 Å². The van der Waals surface area contributed by atoms with Crippen molar-refractivity contribution in [2.75, 3.05) is 18.1 Å². The van der Waals surface area contributed by atoms with Crippen molar-refractivity contribution in [2.24, 2.45) is 0 Å². The summed E-state index contributed by atoms with van der Waals surface area (Å²) < 4.78 is 40.1. The Morgan fingerprint density at radius 1 is 1.06 bits per heavy atom. The van der Waals surface area contributed by atoms with E-state index in [1.54, 1.807) is 24.3 Å². The van der Waals surface area contributed by atoms with Crippen molar-refractivity contribution in [2.45, 2.75) is 37.6 Å². The van der Waals surface area contributed by atoms with E-state index in [9.17, 15) is 18.0 Å². The maximum atomic E-state index is 13.4. The van der Waals surface area contributed by atoms with Crippen LogP contribution in [-0.4, -0.2) is 42.2 Å². The Hall–Kier alpha value is -2.55. The third-order valence-corrected chi connectivity index (χ3v) is 6.00. The first kappa shape index (κ1) is 22.6. The van der Waals surface area contributed by atoms with Crippen LogP contribution in [-0.2, 0) is 11.3 Å². The molecule has 1 saturated heterocycles. The zero-order chi connectivity index (χ0) is 22.7. The second kappa shape index (κ2) is 9.52. The molecule has 1 fully saturated rings. The first-order valence-corrected chi connectivity index (χ1v) is 10.9. The molecule has 2 heterocycles. The Bertz CT molecular complexity index is 975. The van der Waals surface area contributed by atoms with Gasteiger partial charge in [0.1, 0.15) is 11.7 Å². The van der Waals surface area contributed by atoms with Crippen molar-refractivity contribution in [1.29, 1.82) is 0 Å². The van der Waals surface area contributed by atoms with Gasteiger partial charge >= 0.3 is 6.18 Å². The number of likely N-dealkylation sites (tertiary alicyclic amines) is 1. The van der Waals surface area contributed by atoms with Crippen LogP contribution in [0.1, 0.15) is 18.4 Å². The number of halogens is 4. The molecule has 2 N–H and O–H groups in total. The van der Waals surface area contributed by atoms with Gasteiger partial charge in [0.05, 0.1) is 10.7 Å². The molecule has 2 aliphatic rings. The SMILES string of the molecule is O=C(NC1CCN(Cc2ccccc2)CC1)C1=CC(C(F)(F)F)NN1c1ccccc1Cl. The fourth-order valence-corrected chi connectivity index (χ4v) is 4.21. The Kier molecular flexibility index (Phi) is 6.74. The Labute approximate surface area is 189 Å². The number of hydrogen-bond acceptors (Lipinski definition) is 4. The number of alkyl halides is 3. The first-order valence-electron chi connectivity index (χ1n) is 10.5. The molecule has 1 unspecified atom stereocenters. The van der Waals surface area contributed by atoms with Crippen molar-refractivity contribution in [3.63, 3.8) is 0 Å². The molecule has 2 aromatic carbocycles. The Morgan fingerprint density at radius 3 is 2.38 bits per heavy atom. The Balaban J connectivity index is 1.41. The molecule has 0 saturated carbocycles. The molecule has 0 aromatic heterocycles. The molecular weight excluding hydrogens is 441 g/mol. The van der Waals surface area contributed by atoms with E-state index in [2.05, 4.69) is 27.8 Å². The number of carbonyl (C=O) groups excluding carboxylic acids is 1. The summed E-state index contributed by atoms with van der Waals surface area (Å²) in [6, 6.07) is 14.5. The summed E-state index contributed by atoms with van der Waals surface area (Å²) in [6.07, 6.45) is -2.17. The van der Waals surface area contributed by atoms with Gasteiger partial charge in [-0.2, -0.15) is 13.2 Å². The number of nitrogens with zero attached hydrogens (tertiary/aromatic N) is 2. The van der Waals surface area contributed by atoms with Crippen LogP contribution in [0.2, 0.25) is 5.02 Å². The van der Waals surface area contributed by atoms with Crippen LogP contribution in [0.25, 0.3) is 0 Å². The van der Waals surface area contributed by atoms with Crippen LogP contribution < -0.4 is 15.8 Å². The van der Waals surface area contributed by atoms with Crippen LogP contribution in [0.3, 0.4) is 0 Å². The van der Waals surface area contributed by atoms with Crippen LogP contribution in [0.4, 0.5) is 18.9 Å². The van der Waals surface area contributed by atoms with Gasteiger partial charge in [-0.05, 0) is 36.6 Å². The van der Waals surface area contributed by atoms with Gasteiger partial charge < -0.3 is 5.32 Å². The summed E-state index contributed by atoms with van der Waals surface area (Å²) in [5.41, 5.74) is 3.77. The van der Waals surface area contributed by atoms with Gasteiger partial charge in [0.2, 0.25) is 0 Å². The van der Waals surface area contributed by atoms with Crippen LogP contribution >= 0.6 is 11.6 Å². The number of piperidine rings is 1. The highest BCUT2D eigenvalue weighted by Gasteiger charge is 2.45. The highest BCUT2D eigenvalue weighted by Crippen LogP contribution is 2.33. The lowest BCUT2D eigenvalue weighted by Gasteiger charge is -2.33. The number of hydrazine groups is 1. The van der Waals surface area contributed by atoms with Gasteiger partial charge in [-0.3, -0.25) is 14.7 Å². The number of carbonyl (C=O) groups is 1. The van der Waals surface area contributed by atoms with Crippen molar-refractivity contribution in [3.8, 4) is 0 Å². The molecule has 0 bridgehead atoms. The lowest BCUT2D eigenvalue weighted by atomic mass is 10.0. The smallest absolute Gasteiger partial charge is 0.348 e. The van der Waals surface area contributed by atoms with Crippen molar-refractivity contribution in [3.05, 3.63) is 77.0 Å². The van der Waals surface area contributed by atoms with E-state index in [-0.39, 0.29) is 16.8 Å². The number of nitrogens with one attached hydrogen (secondary N) is 2. The van der Waals surface area contributed by atoms with Gasteiger partial charge in [0.25, 0.3) is 5.91 Å². The zero-order valence-corrected chi connectivity index (χ0v) is 18.0. The number of benzene rings is 2. The highest BCUT2D eigenvalue weighted by atomic mass is 35.5. The van der Waals surface area contributed by atoms with E-state index >= 15 is 0 Å². The predicted octanol–water partition coefficient (Wildman–Crippen LogP) is 4.26. The fraction of sp³-hybridized carbons (Fsp3) is 0.348. The molecular formula is C23H24ClF3N4O. The molecule has 2 aromatic rings. The minimum Gasteiger partial charge on any atom is -0.348 e. The predicted molar refractivity (Wildman–Crippen MR) is 118 cm³/mol. The largest absolute Gasteiger partial charge is 0.409 e. The van der Waals surface area contributed by atoms with Crippen molar-refractivity contribution in [1.82, 2.24) is 15.6 Å². The molecule has 9 heteroatoms. The molecule has 1 amide bonds. The molecule has 0 spiro atoms. The zero-order valence-electron chi connectivity index (χ0n) is 17.3. The maximum Gasteiger partial charge on any atom is 0.409 e. The topological polar surface area (TPSA) is 47.6 Å². The normalized spacial score (nSPS) is 20.3. The third-order valence-electron chi connectivity index (χ3n) is 5.68. The van der Waals surface area contributed by atoms with E-state index in [0.29, 0.717) is 5.69 Å². The van der Waals surface area contributed by atoms with Gasteiger partial charge in [-0.1, -0.05) is 54.1 Å². The van der Waals surface area contributed by atoms with Crippen LogP contribution in [0.5, 0.6) is 0 Å². The summed E-state index contributed by atoms with van der Waals surface area (Å²) in [5.74, 6) is -0.550. The molecule has 5 nitrogen and oxygen atoms in total. The summed E-state index contributed by atoms with van der Waals surface area (Å²) in [4.78, 5) is 15.3. The quantitative estimate of drug-likeness (QED) is 0.694. The lowest BCUT2D eigenvalue weighted by molar-refractivity contribution is -0.142. The van der Waals surface area contributed by atoms with E-state index in [1.165, 1.54) is 5.56 Å². The van der Waals surface area contributed by atoms with Gasteiger partial charge in [0.15, 0.2) is 0 Å². The highest BCUT2D eigenvalue weighted by molar-refractivity contribution is 6.33. The average molecular weight is 465 g/mol. The third kappa shape index (κ3) is 5.26. The molecule has 4 rings (SSSR count). The summed E-state index contributed by atoms with van der Waals surface area (Å²) in [7, 11) is 0. The Morgan fingerprint density at radius 2 is 1.72 bits per heavy atom. The number of amides is 1.